The molecule has 2 heterocycles. The third-order valence-electron chi connectivity index (χ3n) is 7.05. The SMILES string of the molecule is Cc1ccc2cncc(NCC(=O)NC3CN([C@H]4CC[C@@H](C(O)C(C)C)CC4)C3)c2c1. The second kappa shape index (κ2) is 9.53. The van der Waals surface area contributed by atoms with Gasteiger partial charge in [-0.15, -0.1) is 0 Å². The molecule has 1 unspecified atom stereocenters. The van der Waals surface area contributed by atoms with Crippen molar-refractivity contribution in [2.75, 3.05) is 25.0 Å². The van der Waals surface area contributed by atoms with E-state index in [1.54, 1.807) is 6.20 Å². The standard InChI is InChI=1S/C25H36N4O2/c1-16(2)25(31)18-6-8-21(9-7-18)29-14-20(15-29)28-24(30)13-27-23-12-26-11-19-5-4-17(3)10-22(19)23/h4-5,10-12,16,18,20-21,25,27,31H,6-9,13-15H2,1-3H3,(H,28,30)/t18-,21+,25?. The van der Waals surface area contributed by atoms with E-state index in [2.05, 4.69) is 59.5 Å². The molecule has 168 valence electrons. The lowest BCUT2D eigenvalue weighted by Gasteiger charge is -2.47. The van der Waals surface area contributed by atoms with Gasteiger partial charge in [0.05, 0.1) is 30.6 Å². The van der Waals surface area contributed by atoms with Gasteiger partial charge in [0.2, 0.25) is 5.91 Å². The number of carbonyl (C=O) groups excluding carboxylic acids is 1. The third kappa shape index (κ3) is 5.18. The van der Waals surface area contributed by atoms with Gasteiger partial charge in [0, 0.05) is 36.1 Å². The van der Waals surface area contributed by atoms with Gasteiger partial charge in [0.15, 0.2) is 0 Å². The highest BCUT2D eigenvalue weighted by atomic mass is 16.3. The number of benzene rings is 1. The molecule has 31 heavy (non-hydrogen) atoms. The highest BCUT2D eigenvalue weighted by molar-refractivity contribution is 5.94. The Bertz CT molecular complexity index is 902. The number of likely N-dealkylation sites (tertiary alicyclic amines) is 1. The predicted molar refractivity (Wildman–Crippen MR) is 125 cm³/mol. The van der Waals surface area contributed by atoms with Crippen molar-refractivity contribution in [2.45, 2.75) is 64.6 Å². The molecule has 1 atom stereocenters. The summed E-state index contributed by atoms with van der Waals surface area (Å²) >= 11 is 0. The zero-order chi connectivity index (χ0) is 22.0. The number of aliphatic hydroxyl groups excluding tert-OH is 1. The molecule has 4 rings (SSSR count). The van der Waals surface area contributed by atoms with E-state index in [0.29, 0.717) is 17.9 Å². The number of nitrogens with one attached hydrogen (secondary N) is 2. The topological polar surface area (TPSA) is 77.5 Å². The molecule has 0 radical (unpaired) electrons. The molecule has 2 aliphatic rings. The van der Waals surface area contributed by atoms with Crippen LogP contribution < -0.4 is 10.6 Å². The summed E-state index contributed by atoms with van der Waals surface area (Å²) in [6.07, 6.45) is 8.00. The summed E-state index contributed by atoms with van der Waals surface area (Å²) in [6.45, 7) is 8.39. The first-order chi connectivity index (χ1) is 14.9. The summed E-state index contributed by atoms with van der Waals surface area (Å²) in [4.78, 5) is 19.2. The highest BCUT2D eigenvalue weighted by Crippen LogP contribution is 2.33. The first kappa shape index (κ1) is 22.0. The number of amides is 1. The smallest absolute Gasteiger partial charge is 0.239 e. The monoisotopic (exact) mass is 424 g/mol. The Hall–Kier alpha value is -2.18. The summed E-state index contributed by atoms with van der Waals surface area (Å²) in [5, 5.41) is 18.9. The van der Waals surface area contributed by atoms with Gasteiger partial charge >= 0.3 is 0 Å². The number of aryl methyl sites for hydroxylation is 1. The van der Waals surface area contributed by atoms with Gasteiger partial charge in [-0.3, -0.25) is 14.7 Å². The Morgan fingerprint density at radius 2 is 1.94 bits per heavy atom. The van der Waals surface area contributed by atoms with E-state index in [4.69, 9.17) is 0 Å². The van der Waals surface area contributed by atoms with Crippen molar-refractivity contribution < 1.29 is 9.90 Å². The van der Waals surface area contributed by atoms with Gasteiger partial charge in [0.25, 0.3) is 0 Å². The minimum absolute atomic E-state index is 0.0260. The van der Waals surface area contributed by atoms with Crippen LogP contribution in [0.4, 0.5) is 5.69 Å². The van der Waals surface area contributed by atoms with Crippen LogP contribution in [0.3, 0.4) is 0 Å². The maximum atomic E-state index is 12.4. The highest BCUT2D eigenvalue weighted by Gasteiger charge is 2.36. The fraction of sp³-hybridized carbons (Fsp3) is 0.600. The molecule has 2 fully saturated rings. The number of anilines is 1. The largest absolute Gasteiger partial charge is 0.393 e. The minimum atomic E-state index is -0.169. The molecular weight excluding hydrogens is 388 g/mol. The molecule has 1 saturated carbocycles. The van der Waals surface area contributed by atoms with Crippen LogP contribution in [0.15, 0.2) is 30.6 Å². The van der Waals surface area contributed by atoms with Gasteiger partial charge < -0.3 is 15.7 Å². The molecule has 6 heteroatoms. The van der Waals surface area contributed by atoms with E-state index in [9.17, 15) is 9.90 Å². The first-order valence-electron chi connectivity index (χ1n) is 11.7. The van der Waals surface area contributed by atoms with Gasteiger partial charge in [-0.25, -0.2) is 0 Å². The second-order valence-electron chi connectivity index (χ2n) is 9.79. The average Bonchev–Trinajstić information content (AvgIpc) is 2.74. The van der Waals surface area contributed by atoms with Crippen molar-refractivity contribution in [3.05, 3.63) is 36.2 Å². The minimum Gasteiger partial charge on any atom is -0.393 e. The normalized spacial score (nSPS) is 23.5. The molecule has 1 aliphatic heterocycles. The number of aromatic nitrogens is 1. The van der Waals surface area contributed by atoms with Crippen LogP contribution in [0.2, 0.25) is 0 Å². The van der Waals surface area contributed by atoms with E-state index in [1.165, 1.54) is 5.56 Å². The van der Waals surface area contributed by atoms with Crippen molar-refractivity contribution in [3.8, 4) is 0 Å². The summed E-state index contributed by atoms with van der Waals surface area (Å²) in [5.41, 5.74) is 2.08. The van der Waals surface area contributed by atoms with E-state index in [-0.39, 0.29) is 24.6 Å². The number of rotatable bonds is 7. The first-order valence-corrected chi connectivity index (χ1v) is 11.7. The van der Waals surface area contributed by atoms with E-state index >= 15 is 0 Å². The summed E-state index contributed by atoms with van der Waals surface area (Å²) in [5.74, 6) is 0.817. The molecule has 2 aromatic rings. The molecule has 1 aliphatic carbocycles. The number of fused-ring (bicyclic) bond motifs is 1. The molecule has 3 N–H and O–H groups in total. The Labute approximate surface area is 185 Å². The molecule has 1 amide bonds. The lowest BCUT2D eigenvalue weighted by atomic mass is 9.78. The van der Waals surface area contributed by atoms with E-state index < -0.39 is 0 Å². The molecular formula is C25H36N4O2. The predicted octanol–water partition coefficient (Wildman–Crippen LogP) is 3.33. The van der Waals surface area contributed by atoms with Gasteiger partial charge in [-0.1, -0.05) is 31.5 Å². The van der Waals surface area contributed by atoms with Gasteiger partial charge in [0.1, 0.15) is 0 Å². The molecule has 0 spiro atoms. The number of hydrogen-bond acceptors (Lipinski definition) is 5. The number of hydrogen-bond donors (Lipinski definition) is 3. The van der Waals surface area contributed by atoms with Crippen LogP contribution in [0, 0.1) is 18.8 Å². The number of aliphatic hydroxyl groups is 1. The Morgan fingerprint density at radius 1 is 1.19 bits per heavy atom. The zero-order valence-electron chi connectivity index (χ0n) is 19.0. The Kier molecular flexibility index (Phi) is 6.77. The van der Waals surface area contributed by atoms with Crippen molar-refractivity contribution in [1.82, 2.24) is 15.2 Å². The van der Waals surface area contributed by atoms with Crippen molar-refractivity contribution in [3.63, 3.8) is 0 Å². The molecule has 1 aromatic heterocycles. The fourth-order valence-corrected chi connectivity index (χ4v) is 5.13. The summed E-state index contributed by atoms with van der Waals surface area (Å²) in [7, 11) is 0. The number of carbonyl (C=O) groups is 1. The second-order valence-corrected chi connectivity index (χ2v) is 9.79. The van der Waals surface area contributed by atoms with Crippen molar-refractivity contribution in [2.24, 2.45) is 11.8 Å². The van der Waals surface area contributed by atoms with Gasteiger partial charge in [-0.05, 0) is 50.5 Å². The van der Waals surface area contributed by atoms with E-state index in [1.807, 2.05) is 6.20 Å². The third-order valence-corrected chi connectivity index (χ3v) is 7.05. The zero-order valence-corrected chi connectivity index (χ0v) is 19.0. The molecule has 1 saturated heterocycles. The lowest BCUT2D eigenvalue weighted by Crippen LogP contribution is -2.63. The van der Waals surface area contributed by atoms with Crippen LogP contribution in [-0.4, -0.2) is 58.7 Å². The van der Waals surface area contributed by atoms with Crippen molar-refractivity contribution in [1.29, 1.82) is 0 Å². The van der Waals surface area contributed by atoms with Crippen molar-refractivity contribution >= 4 is 22.4 Å². The molecule has 6 nitrogen and oxygen atoms in total. The fourth-order valence-electron chi connectivity index (χ4n) is 5.13. The Balaban J connectivity index is 1.20. The average molecular weight is 425 g/mol. The van der Waals surface area contributed by atoms with Crippen LogP contribution in [0.25, 0.3) is 10.8 Å². The maximum absolute atomic E-state index is 12.4. The summed E-state index contributed by atoms with van der Waals surface area (Å²) in [6, 6.07) is 7.09. The quantitative estimate of drug-likeness (QED) is 0.636. The van der Waals surface area contributed by atoms with Crippen LogP contribution in [0.1, 0.15) is 45.1 Å². The van der Waals surface area contributed by atoms with Crippen LogP contribution in [-0.2, 0) is 4.79 Å². The number of pyridine rings is 1. The lowest BCUT2D eigenvalue weighted by molar-refractivity contribution is -0.121. The van der Waals surface area contributed by atoms with E-state index in [0.717, 1.165) is 55.2 Å². The van der Waals surface area contributed by atoms with Crippen LogP contribution in [0.5, 0.6) is 0 Å². The molecule has 0 bridgehead atoms. The maximum Gasteiger partial charge on any atom is 0.239 e. The van der Waals surface area contributed by atoms with Gasteiger partial charge in [-0.2, -0.15) is 0 Å². The summed E-state index contributed by atoms with van der Waals surface area (Å²) < 4.78 is 0. The number of nitrogens with zero attached hydrogens (tertiary/aromatic N) is 2. The Morgan fingerprint density at radius 3 is 2.65 bits per heavy atom. The van der Waals surface area contributed by atoms with Crippen LogP contribution >= 0.6 is 0 Å². The molecule has 1 aromatic carbocycles.